The van der Waals surface area contributed by atoms with Gasteiger partial charge in [-0.25, -0.2) is 33.7 Å². The fourth-order valence-electron chi connectivity index (χ4n) is 6.43. The summed E-state index contributed by atoms with van der Waals surface area (Å²) in [6.07, 6.45) is 2.10. The Kier molecular flexibility index (Phi) is 27.7. The molecule has 76 heavy (non-hydrogen) atoms. The first-order valence-electron chi connectivity index (χ1n) is 20.5. The summed E-state index contributed by atoms with van der Waals surface area (Å²) in [5, 5.41) is 49.5. The van der Waals surface area contributed by atoms with E-state index in [1.165, 1.54) is 46.2 Å². The van der Waals surface area contributed by atoms with Gasteiger partial charge in [-0.3, -0.25) is 0 Å². The van der Waals surface area contributed by atoms with Crippen LogP contribution in [-0.4, -0.2) is 155 Å². The van der Waals surface area contributed by atoms with Crippen molar-refractivity contribution in [2.45, 2.75) is 19.6 Å². The summed E-state index contributed by atoms with van der Waals surface area (Å²) in [7, 11) is -20.4. The summed E-state index contributed by atoms with van der Waals surface area (Å²) in [5.41, 5.74) is -0.656. The standard InChI is InChI=1S/C40H44N12O16S4.4Na/c53-17-13-51(14-18-54)39-47-35(41-27-3-1-5-31(21-27)69(57,58)59)45-37(49-39)43-29-11-9-25(33(23-29)71(63,64)65)7-8-26-10-12-30(24-34(26)72(66,67)68)44-38-46-36(48-40(50-38)52(15-19-55)16-20-56)42-28-4-2-6-32(22-28)70(60,61)62;;;;/h1-12,21-24,53-56H,13-20H2,(H,57,58,59)(H,60,61,62)(H,63,64,65)(H,66,67,68)(H2,41,43,45,47,49)(H2,42,44,46,48,50);;;;/q;4*+1/p-4/b8-7-;;;;. The molecule has 0 saturated carbocycles. The van der Waals surface area contributed by atoms with Gasteiger partial charge in [0.15, 0.2) is 0 Å². The number of nitrogens with zero attached hydrogens (tertiary/aromatic N) is 8. The molecule has 0 aliphatic carbocycles. The average molecular weight is 1170 g/mol. The molecule has 36 heteroatoms. The third-order valence-corrected chi connectivity index (χ3v) is 13.0. The molecule has 0 aliphatic heterocycles. The molecular weight excluding hydrogens is 1120 g/mol. The van der Waals surface area contributed by atoms with E-state index in [-0.39, 0.29) is 214 Å². The van der Waals surface area contributed by atoms with Crippen molar-refractivity contribution in [3.05, 3.63) is 96.1 Å². The Morgan fingerprint density at radius 3 is 0.961 bits per heavy atom. The SMILES string of the molecule is O=S(=O)([O-])c1cccc(Nc2nc(Nc3ccc(/C=C\c4ccc(Nc5nc(Nc6cccc(S(=O)(=O)[O-])c6)nc(N(CCO)CCO)n5)cc4S(=O)(=O)[O-])c(S(=O)(=O)[O-])c3)nc(N(CCO)CCO)n2)c1.[Na+].[Na+].[Na+].[Na+]. The number of anilines is 10. The van der Waals surface area contributed by atoms with E-state index in [0.29, 0.717) is 0 Å². The van der Waals surface area contributed by atoms with Crippen molar-refractivity contribution in [3.8, 4) is 0 Å². The van der Waals surface area contributed by atoms with E-state index in [1.807, 2.05) is 0 Å². The number of hydrogen-bond acceptors (Lipinski definition) is 28. The van der Waals surface area contributed by atoms with E-state index in [4.69, 9.17) is 0 Å². The summed E-state index contributed by atoms with van der Waals surface area (Å²) < 4.78 is 146. The maximum atomic E-state index is 12.6. The largest absolute Gasteiger partial charge is 1.00 e. The Labute approximate surface area is 524 Å². The van der Waals surface area contributed by atoms with Gasteiger partial charge >= 0.3 is 118 Å². The van der Waals surface area contributed by atoms with Gasteiger partial charge in [-0.1, -0.05) is 36.4 Å². The maximum Gasteiger partial charge on any atom is 1.00 e. The molecule has 0 saturated heterocycles. The van der Waals surface area contributed by atoms with Gasteiger partial charge in [-0.15, -0.1) is 0 Å². The van der Waals surface area contributed by atoms with Crippen LogP contribution in [0.15, 0.2) is 105 Å². The predicted octanol–water partition coefficient (Wildman–Crippen LogP) is -11.6. The second-order valence-electron chi connectivity index (χ2n) is 14.6. The van der Waals surface area contributed by atoms with Crippen LogP contribution >= 0.6 is 0 Å². The van der Waals surface area contributed by atoms with Gasteiger partial charge < -0.3 is 69.7 Å². The Morgan fingerprint density at radius 1 is 0.408 bits per heavy atom. The fourth-order valence-corrected chi connectivity index (χ4v) is 8.85. The second-order valence-corrected chi connectivity index (χ2v) is 20.1. The zero-order valence-electron chi connectivity index (χ0n) is 40.8. The van der Waals surface area contributed by atoms with Crippen LogP contribution in [0.4, 0.5) is 58.4 Å². The van der Waals surface area contributed by atoms with Gasteiger partial charge in [0.25, 0.3) is 0 Å². The number of nitrogens with one attached hydrogen (secondary N) is 4. The number of hydrogen-bond donors (Lipinski definition) is 8. The summed E-state index contributed by atoms with van der Waals surface area (Å²) in [6.45, 7) is -1.99. The van der Waals surface area contributed by atoms with Gasteiger partial charge in [0.2, 0.25) is 35.7 Å². The maximum absolute atomic E-state index is 12.6. The normalized spacial score (nSPS) is 11.5. The van der Waals surface area contributed by atoms with Crippen molar-refractivity contribution in [3.63, 3.8) is 0 Å². The van der Waals surface area contributed by atoms with Crippen LogP contribution in [0.5, 0.6) is 0 Å². The Bertz CT molecular complexity index is 3220. The third kappa shape index (κ3) is 19.9. The molecule has 8 N–H and O–H groups in total. The summed E-state index contributed by atoms with van der Waals surface area (Å²) in [6, 6.07) is 16.1. The Balaban J connectivity index is 0.00000494. The quantitative estimate of drug-likeness (QED) is 0.0158. The molecule has 0 unspecified atom stereocenters. The van der Waals surface area contributed by atoms with Crippen molar-refractivity contribution >= 4 is 111 Å². The van der Waals surface area contributed by atoms with Crippen LogP contribution in [0.1, 0.15) is 11.1 Å². The van der Waals surface area contributed by atoms with E-state index in [1.54, 1.807) is 0 Å². The number of benzene rings is 4. The molecule has 4 aromatic carbocycles. The van der Waals surface area contributed by atoms with Gasteiger partial charge in [0, 0.05) is 48.9 Å². The molecule has 2 heterocycles. The van der Waals surface area contributed by atoms with Crippen LogP contribution in [0.3, 0.4) is 0 Å². The molecule has 0 radical (unpaired) electrons. The van der Waals surface area contributed by atoms with Gasteiger partial charge in [0.05, 0.1) is 46.0 Å². The predicted molar refractivity (Wildman–Crippen MR) is 252 cm³/mol. The average Bonchev–Trinajstić information content (AvgIpc) is 3.30. The third-order valence-electron chi connectivity index (χ3n) is 9.57. The molecular formula is C40H40N12Na4O16S4. The van der Waals surface area contributed by atoms with Crippen molar-refractivity contribution in [2.24, 2.45) is 0 Å². The van der Waals surface area contributed by atoms with E-state index in [9.17, 15) is 72.3 Å². The molecule has 6 aromatic rings. The zero-order valence-corrected chi connectivity index (χ0v) is 52.1. The number of rotatable bonds is 24. The first-order valence-corrected chi connectivity index (χ1v) is 26.1. The van der Waals surface area contributed by atoms with Gasteiger partial charge in [-0.2, -0.15) is 29.9 Å². The van der Waals surface area contributed by atoms with Crippen LogP contribution < -0.4 is 149 Å². The second kappa shape index (κ2) is 30.5. The van der Waals surface area contributed by atoms with Crippen molar-refractivity contribution in [1.29, 1.82) is 0 Å². The van der Waals surface area contributed by atoms with E-state index in [0.717, 1.165) is 60.7 Å². The van der Waals surface area contributed by atoms with Gasteiger partial charge in [-0.05, 0) is 71.8 Å². The minimum absolute atomic E-state index is 0. The minimum Gasteiger partial charge on any atom is -0.744 e. The number of aliphatic hydroxyl groups excluding tert-OH is 4. The molecule has 2 aromatic heterocycles. The fraction of sp³-hybridized carbons (Fsp3) is 0.200. The molecule has 0 aliphatic rings. The van der Waals surface area contributed by atoms with Crippen molar-refractivity contribution in [2.75, 3.05) is 83.7 Å². The topological polar surface area (TPSA) is 442 Å². The molecule has 0 spiro atoms. The zero-order chi connectivity index (χ0) is 52.4. The van der Waals surface area contributed by atoms with Crippen LogP contribution in [0.25, 0.3) is 12.2 Å². The van der Waals surface area contributed by atoms with E-state index in [2.05, 4.69) is 51.2 Å². The first-order chi connectivity index (χ1) is 34.0. The molecule has 0 atom stereocenters. The van der Waals surface area contributed by atoms with Crippen molar-refractivity contribution in [1.82, 2.24) is 29.9 Å². The molecule has 0 fully saturated rings. The summed E-state index contributed by atoms with van der Waals surface area (Å²) in [4.78, 5) is 25.3. The monoisotopic (exact) mass is 1160 g/mol. The molecule has 384 valence electrons. The summed E-state index contributed by atoms with van der Waals surface area (Å²) in [5.74, 6) is -1.40. The van der Waals surface area contributed by atoms with Crippen molar-refractivity contribution < 1.29 is 191 Å². The number of aliphatic hydroxyl groups is 4. The minimum atomic E-state index is -5.31. The molecule has 0 bridgehead atoms. The smallest absolute Gasteiger partial charge is 0.744 e. The molecule has 6 rings (SSSR count). The van der Waals surface area contributed by atoms with Gasteiger partial charge in [0.1, 0.15) is 40.5 Å². The molecule has 28 nitrogen and oxygen atoms in total. The Hall–Kier alpha value is -3.08. The van der Waals surface area contributed by atoms with E-state index < -0.39 is 86.5 Å². The van der Waals surface area contributed by atoms with Crippen LogP contribution in [-0.2, 0) is 40.5 Å². The van der Waals surface area contributed by atoms with E-state index >= 15 is 0 Å². The number of aromatic nitrogens is 6. The summed E-state index contributed by atoms with van der Waals surface area (Å²) >= 11 is 0. The van der Waals surface area contributed by atoms with Crippen LogP contribution in [0.2, 0.25) is 0 Å². The molecule has 0 amide bonds. The first kappa shape index (κ1) is 69.0. The Morgan fingerprint density at radius 2 is 0.697 bits per heavy atom. The van der Waals surface area contributed by atoms with Crippen LogP contribution in [0, 0.1) is 0 Å².